The van der Waals surface area contributed by atoms with Crippen molar-refractivity contribution in [3.8, 4) is 0 Å². The van der Waals surface area contributed by atoms with Crippen LogP contribution in [0.25, 0.3) is 27.9 Å². The van der Waals surface area contributed by atoms with E-state index in [2.05, 4.69) is 39.3 Å². The molecule has 0 radical (unpaired) electrons. The number of para-hydroxylation sites is 2. The van der Waals surface area contributed by atoms with E-state index in [9.17, 15) is 9.90 Å². The summed E-state index contributed by atoms with van der Waals surface area (Å²) >= 11 is 0. The van der Waals surface area contributed by atoms with Gasteiger partial charge in [0.25, 0.3) is 0 Å². The number of carbonyl (C=O) groups is 1. The Labute approximate surface area is 204 Å². The van der Waals surface area contributed by atoms with Crippen LogP contribution in [0.3, 0.4) is 0 Å². The summed E-state index contributed by atoms with van der Waals surface area (Å²) in [6.45, 7) is 1.77. The monoisotopic (exact) mass is 463 g/mol. The number of aromatic amines is 1. The number of aromatic nitrogens is 2. The van der Waals surface area contributed by atoms with E-state index >= 15 is 0 Å². The zero-order valence-corrected chi connectivity index (χ0v) is 19.5. The van der Waals surface area contributed by atoms with Crippen molar-refractivity contribution in [2.45, 2.75) is 19.1 Å². The quantitative estimate of drug-likeness (QED) is 0.151. The van der Waals surface area contributed by atoms with Gasteiger partial charge in [-0.2, -0.15) is 0 Å². The van der Waals surface area contributed by atoms with Crippen LogP contribution < -0.4 is 5.32 Å². The Morgan fingerprint density at radius 3 is 2.57 bits per heavy atom. The highest BCUT2D eigenvalue weighted by molar-refractivity contribution is 6.07. The van der Waals surface area contributed by atoms with Crippen molar-refractivity contribution in [2.24, 2.45) is 0 Å². The second kappa shape index (κ2) is 10.6. The zero-order valence-electron chi connectivity index (χ0n) is 19.5. The van der Waals surface area contributed by atoms with Gasteiger partial charge in [0.05, 0.1) is 6.10 Å². The molecule has 2 heterocycles. The minimum absolute atomic E-state index is 0.0260. The second-order valence-electron chi connectivity index (χ2n) is 8.79. The second-order valence-corrected chi connectivity index (χ2v) is 8.79. The Kier molecular flexibility index (Phi) is 6.89. The van der Waals surface area contributed by atoms with Crippen molar-refractivity contribution in [1.82, 2.24) is 14.9 Å². The van der Waals surface area contributed by atoms with Crippen LogP contribution in [0.5, 0.6) is 0 Å². The summed E-state index contributed by atoms with van der Waals surface area (Å²) in [5.41, 5.74) is 5.10. The first-order valence-electron chi connectivity index (χ1n) is 12.0. The Morgan fingerprint density at radius 1 is 0.971 bits per heavy atom. The molecular formula is C30H29N3O2. The fourth-order valence-electron chi connectivity index (χ4n) is 4.54. The molecule has 5 rings (SSSR count). The molecule has 0 amide bonds. The molecule has 1 unspecified atom stereocenters. The van der Waals surface area contributed by atoms with Gasteiger partial charge in [0.1, 0.15) is 0 Å². The van der Waals surface area contributed by atoms with E-state index in [4.69, 9.17) is 0 Å². The van der Waals surface area contributed by atoms with Crippen molar-refractivity contribution in [3.63, 3.8) is 0 Å². The smallest absolute Gasteiger partial charge is 0.185 e. The highest BCUT2D eigenvalue weighted by Crippen LogP contribution is 2.23. The van der Waals surface area contributed by atoms with E-state index in [0.29, 0.717) is 18.7 Å². The third kappa shape index (κ3) is 5.27. The number of H-pyrrole nitrogens is 1. The standard InChI is InChI=1S/C30H29N3O2/c34-25(19-31-17-16-23-18-32-28-12-6-4-10-26(23)28)21-33-20-24(27-11-5-7-13-29(27)33)14-15-30(35)22-8-2-1-3-9-22/h1-15,18,20,25,31-32,34H,16-17,19,21H2/b15-14+. The summed E-state index contributed by atoms with van der Waals surface area (Å²) in [6, 6.07) is 25.6. The van der Waals surface area contributed by atoms with Gasteiger partial charge < -0.3 is 20.0 Å². The maximum Gasteiger partial charge on any atom is 0.185 e. The minimum Gasteiger partial charge on any atom is -0.390 e. The molecule has 0 bridgehead atoms. The van der Waals surface area contributed by atoms with E-state index in [0.717, 1.165) is 34.9 Å². The number of nitrogens with zero attached hydrogens (tertiary/aromatic N) is 1. The first-order valence-corrected chi connectivity index (χ1v) is 12.0. The van der Waals surface area contributed by atoms with Gasteiger partial charge in [-0.05, 0) is 42.8 Å². The van der Waals surface area contributed by atoms with E-state index in [1.165, 1.54) is 10.9 Å². The van der Waals surface area contributed by atoms with Gasteiger partial charge in [-0.3, -0.25) is 4.79 Å². The first kappa shape index (κ1) is 22.8. The van der Waals surface area contributed by atoms with Gasteiger partial charge in [0, 0.05) is 58.4 Å². The summed E-state index contributed by atoms with van der Waals surface area (Å²) in [5, 5.41) is 16.4. The fraction of sp³-hybridized carbons (Fsp3) is 0.167. The average Bonchev–Trinajstić information content (AvgIpc) is 3.47. The van der Waals surface area contributed by atoms with Crippen LogP contribution in [-0.2, 0) is 13.0 Å². The summed E-state index contributed by atoms with van der Waals surface area (Å²) in [6.07, 6.45) is 7.91. The predicted octanol–water partition coefficient (Wildman–Crippen LogP) is 5.21. The lowest BCUT2D eigenvalue weighted by Crippen LogP contribution is -2.31. The lowest BCUT2D eigenvalue weighted by atomic mass is 10.1. The molecule has 0 spiro atoms. The molecule has 176 valence electrons. The minimum atomic E-state index is -0.531. The number of allylic oxidation sites excluding steroid dienone is 1. The van der Waals surface area contributed by atoms with Crippen molar-refractivity contribution in [2.75, 3.05) is 13.1 Å². The summed E-state index contributed by atoms with van der Waals surface area (Å²) in [7, 11) is 0. The Balaban J connectivity index is 1.21. The van der Waals surface area contributed by atoms with Gasteiger partial charge in [0.15, 0.2) is 5.78 Å². The fourth-order valence-corrected chi connectivity index (χ4v) is 4.54. The van der Waals surface area contributed by atoms with Crippen molar-refractivity contribution < 1.29 is 9.90 Å². The summed E-state index contributed by atoms with van der Waals surface area (Å²) in [4.78, 5) is 15.8. The third-order valence-corrected chi connectivity index (χ3v) is 6.33. The SMILES string of the molecule is O=C(/C=C/c1cn(CC(O)CNCCc2c[nH]c3ccccc23)c2ccccc12)c1ccccc1. The Morgan fingerprint density at radius 2 is 1.71 bits per heavy atom. The van der Waals surface area contributed by atoms with Crippen LogP contribution in [0.4, 0.5) is 0 Å². The van der Waals surface area contributed by atoms with Gasteiger partial charge in [-0.25, -0.2) is 0 Å². The maximum atomic E-state index is 12.5. The first-order chi connectivity index (χ1) is 17.2. The third-order valence-electron chi connectivity index (χ3n) is 6.33. The molecule has 0 aliphatic carbocycles. The average molecular weight is 464 g/mol. The van der Waals surface area contributed by atoms with E-state index in [-0.39, 0.29) is 5.78 Å². The Hall–Kier alpha value is -3.93. The zero-order chi connectivity index (χ0) is 24.0. The molecule has 0 aliphatic rings. The van der Waals surface area contributed by atoms with Gasteiger partial charge >= 0.3 is 0 Å². The van der Waals surface area contributed by atoms with Crippen molar-refractivity contribution >= 4 is 33.7 Å². The number of aliphatic hydroxyl groups excluding tert-OH is 1. The lowest BCUT2D eigenvalue weighted by molar-refractivity contribution is 0.104. The van der Waals surface area contributed by atoms with Gasteiger partial charge in [0.2, 0.25) is 0 Å². The molecule has 2 aromatic heterocycles. The summed E-state index contributed by atoms with van der Waals surface area (Å²) in [5.74, 6) is -0.0260. The summed E-state index contributed by atoms with van der Waals surface area (Å²) < 4.78 is 2.06. The predicted molar refractivity (Wildman–Crippen MR) is 143 cm³/mol. The molecule has 0 aliphatic heterocycles. The maximum absolute atomic E-state index is 12.5. The highest BCUT2D eigenvalue weighted by atomic mass is 16.3. The molecule has 0 fully saturated rings. The molecule has 3 aromatic carbocycles. The molecule has 5 heteroatoms. The number of fused-ring (bicyclic) bond motifs is 2. The lowest BCUT2D eigenvalue weighted by Gasteiger charge is -2.13. The molecule has 5 nitrogen and oxygen atoms in total. The van der Waals surface area contributed by atoms with Crippen LogP contribution in [0.15, 0.2) is 97.3 Å². The van der Waals surface area contributed by atoms with Crippen LogP contribution in [-0.4, -0.2) is 39.6 Å². The highest BCUT2D eigenvalue weighted by Gasteiger charge is 2.11. The number of hydrogen-bond acceptors (Lipinski definition) is 3. The number of ketones is 1. The Bertz CT molecular complexity index is 1460. The van der Waals surface area contributed by atoms with Crippen molar-refractivity contribution in [1.29, 1.82) is 0 Å². The van der Waals surface area contributed by atoms with Gasteiger partial charge in [-0.1, -0.05) is 66.7 Å². The van der Waals surface area contributed by atoms with E-state index in [1.807, 2.05) is 72.9 Å². The van der Waals surface area contributed by atoms with Crippen LogP contribution in [0.1, 0.15) is 21.5 Å². The normalized spacial score (nSPS) is 12.6. The number of benzene rings is 3. The number of rotatable bonds is 10. The van der Waals surface area contributed by atoms with Gasteiger partial charge in [-0.15, -0.1) is 0 Å². The molecule has 35 heavy (non-hydrogen) atoms. The van der Waals surface area contributed by atoms with E-state index < -0.39 is 6.10 Å². The molecule has 1 atom stereocenters. The van der Waals surface area contributed by atoms with Crippen LogP contribution in [0.2, 0.25) is 0 Å². The molecular weight excluding hydrogens is 434 g/mol. The number of aliphatic hydroxyl groups is 1. The number of hydrogen-bond donors (Lipinski definition) is 3. The molecule has 0 saturated heterocycles. The largest absolute Gasteiger partial charge is 0.390 e. The molecule has 3 N–H and O–H groups in total. The van der Waals surface area contributed by atoms with Crippen LogP contribution in [0, 0.1) is 0 Å². The topological polar surface area (TPSA) is 70.1 Å². The molecule has 0 saturated carbocycles. The van der Waals surface area contributed by atoms with Crippen molar-refractivity contribution in [3.05, 3.63) is 114 Å². The van der Waals surface area contributed by atoms with Crippen LogP contribution >= 0.6 is 0 Å². The molecule has 5 aromatic rings. The number of nitrogens with one attached hydrogen (secondary N) is 2. The van der Waals surface area contributed by atoms with E-state index in [1.54, 1.807) is 6.08 Å². The number of carbonyl (C=O) groups excluding carboxylic acids is 1.